The molecule has 0 bridgehead atoms. The Morgan fingerprint density at radius 1 is 1.17 bits per heavy atom. The molecule has 1 aliphatic rings. The SMILES string of the molecule is COC1(C(=O)C(C)C(=O)OC(C)(C)C)CCCC1. The first-order valence-corrected chi connectivity index (χ1v) is 6.54. The van der Waals surface area contributed by atoms with E-state index in [-0.39, 0.29) is 5.78 Å². The highest BCUT2D eigenvalue weighted by molar-refractivity contribution is 6.03. The molecule has 18 heavy (non-hydrogen) atoms. The maximum atomic E-state index is 12.4. The molecule has 0 aromatic rings. The number of carbonyl (C=O) groups is 2. The molecule has 1 saturated carbocycles. The summed E-state index contributed by atoms with van der Waals surface area (Å²) < 4.78 is 10.7. The van der Waals surface area contributed by atoms with E-state index in [1.807, 2.05) is 0 Å². The van der Waals surface area contributed by atoms with Crippen LogP contribution in [-0.2, 0) is 19.1 Å². The van der Waals surface area contributed by atoms with Crippen molar-refractivity contribution in [1.82, 2.24) is 0 Å². The van der Waals surface area contributed by atoms with Crippen LogP contribution >= 0.6 is 0 Å². The molecule has 0 spiro atoms. The van der Waals surface area contributed by atoms with Gasteiger partial charge in [0.2, 0.25) is 0 Å². The number of ketones is 1. The number of carbonyl (C=O) groups excluding carboxylic acids is 2. The van der Waals surface area contributed by atoms with Crippen LogP contribution in [0.1, 0.15) is 53.4 Å². The minimum Gasteiger partial charge on any atom is -0.459 e. The molecular weight excluding hydrogens is 232 g/mol. The highest BCUT2D eigenvalue weighted by Gasteiger charge is 2.45. The summed E-state index contributed by atoms with van der Waals surface area (Å²) in [5, 5.41) is 0. The van der Waals surface area contributed by atoms with Crippen LogP contribution in [-0.4, -0.2) is 30.1 Å². The van der Waals surface area contributed by atoms with E-state index >= 15 is 0 Å². The van der Waals surface area contributed by atoms with Crippen molar-refractivity contribution in [3.05, 3.63) is 0 Å². The van der Waals surface area contributed by atoms with Crippen molar-refractivity contribution in [3.8, 4) is 0 Å². The third-order valence-electron chi connectivity index (χ3n) is 3.40. The van der Waals surface area contributed by atoms with Gasteiger partial charge in [0.15, 0.2) is 5.78 Å². The number of ether oxygens (including phenoxy) is 2. The van der Waals surface area contributed by atoms with Gasteiger partial charge in [-0.1, -0.05) is 0 Å². The van der Waals surface area contributed by atoms with Gasteiger partial charge in [-0.15, -0.1) is 0 Å². The minimum absolute atomic E-state index is 0.142. The van der Waals surface area contributed by atoms with Crippen LogP contribution in [0.4, 0.5) is 0 Å². The van der Waals surface area contributed by atoms with Crippen LogP contribution in [0, 0.1) is 5.92 Å². The molecule has 4 nitrogen and oxygen atoms in total. The molecule has 0 heterocycles. The Bertz CT molecular complexity index is 321. The maximum absolute atomic E-state index is 12.4. The van der Waals surface area contributed by atoms with E-state index in [1.165, 1.54) is 0 Å². The van der Waals surface area contributed by atoms with E-state index in [1.54, 1.807) is 34.8 Å². The summed E-state index contributed by atoms with van der Waals surface area (Å²) in [4.78, 5) is 24.3. The highest BCUT2D eigenvalue weighted by atomic mass is 16.6. The molecule has 4 heteroatoms. The summed E-state index contributed by atoms with van der Waals surface area (Å²) in [6, 6.07) is 0. The van der Waals surface area contributed by atoms with Crippen LogP contribution in [0.2, 0.25) is 0 Å². The summed E-state index contributed by atoms with van der Waals surface area (Å²) in [7, 11) is 1.55. The molecule has 1 unspecified atom stereocenters. The van der Waals surface area contributed by atoms with Gasteiger partial charge in [-0.25, -0.2) is 0 Å². The summed E-state index contributed by atoms with van der Waals surface area (Å²) in [6.07, 6.45) is 3.35. The molecule has 0 aliphatic heterocycles. The molecule has 0 N–H and O–H groups in total. The molecular formula is C14H24O4. The first kappa shape index (κ1) is 15.2. The second-order valence-electron chi connectivity index (χ2n) is 6.02. The van der Waals surface area contributed by atoms with Gasteiger partial charge in [-0.2, -0.15) is 0 Å². The standard InChI is InChI=1S/C14H24O4/c1-10(12(16)18-13(2,3)4)11(15)14(17-5)8-6-7-9-14/h10H,6-9H2,1-5H3. The van der Waals surface area contributed by atoms with Crippen LogP contribution in [0.25, 0.3) is 0 Å². The molecule has 1 rings (SSSR count). The zero-order valence-corrected chi connectivity index (χ0v) is 12.0. The lowest BCUT2D eigenvalue weighted by Crippen LogP contribution is -2.45. The van der Waals surface area contributed by atoms with Crippen molar-refractivity contribution in [2.24, 2.45) is 5.92 Å². The smallest absolute Gasteiger partial charge is 0.316 e. The van der Waals surface area contributed by atoms with Crippen molar-refractivity contribution < 1.29 is 19.1 Å². The minimum atomic E-state index is -0.768. The normalized spacial score (nSPS) is 20.5. The third kappa shape index (κ3) is 3.31. The predicted octanol–water partition coefficient (Wildman–Crippen LogP) is 2.49. The van der Waals surface area contributed by atoms with E-state index in [4.69, 9.17) is 9.47 Å². The number of methoxy groups -OCH3 is 1. The molecule has 0 saturated heterocycles. The van der Waals surface area contributed by atoms with Gasteiger partial charge >= 0.3 is 5.97 Å². The second-order valence-corrected chi connectivity index (χ2v) is 6.02. The van der Waals surface area contributed by atoms with Crippen molar-refractivity contribution in [2.75, 3.05) is 7.11 Å². The fraction of sp³-hybridized carbons (Fsp3) is 0.857. The van der Waals surface area contributed by atoms with Gasteiger partial charge in [0, 0.05) is 7.11 Å². The van der Waals surface area contributed by atoms with E-state index < -0.39 is 23.1 Å². The van der Waals surface area contributed by atoms with Gasteiger partial charge in [0.05, 0.1) is 0 Å². The predicted molar refractivity (Wildman–Crippen MR) is 68.2 cm³/mol. The lowest BCUT2D eigenvalue weighted by Gasteiger charge is -2.29. The number of hydrogen-bond acceptors (Lipinski definition) is 4. The molecule has 0 aromatic carbocycles. The maximum Gasteiger partial charge on any atom is 0.316 e. The Balaban J connectivity index is 2.74. The number of rotatable bonds is 4. The molecule has 1 atom stereocenters. The average molecular weight is 256 g/mol. The average Bonchev–Trinajstić information content (AvgIpc) is 2.74. The van der Waals surface area contributed by atoms with E-state index in [0.717, 1.165) is 12.8 Å². The van der Waals surface area contributed by atoms with Gasteiger partial charge in [-0.3, -0.25) is 9.59 Å². The first-order valence-electron chi connectivity index (χ1n) is 6.54. The topological polar surface area (TPSA) is 52.6 Å². The zero-order valence-electron chi connectivity index (χ0n) is 12.0. The van der Waals surface area contributed by atoms with E-state index in [2.05, 4.69) is 0 Å². The Hall–Kier alpha value is -0.900. The van der Waals surface area contributed by atoms with Gasteiger partial charge < -0.3 is 9.47 Å². The fourth-order valence-corrected chi connectivity index (χ4v) is 2.39. The van der Waals surface area contributed by atoms with Gasteiger partial charge in [0.25, 0.3) is 0 Å². The van der Waals surface area contributed by atoms with E-state index in [0.29, 0.717) is 12.8 Å². The van der Waals surface area contributed by atoms with Crippen molar-refractivity contribution >= 4 is 11.8 Å². The molecule has 1 fully saturated rings. The molecule has 1 aliphatic carbocycles. The lowest BCUT2D eigenvalue weighted by molar-refractivity contribution is -0.166. The Morgan fingerprint density at radius 3 is 2.06 bits per heavy atom. The summed E-state index contributed by atoms with van der Waals surface area (Å²) in [5.74, 6) is -1.37. The van der Waals surface area contributed by atoms with Crippen LogP contribution in [0.5, 0.6) is 0 Å². The number of hydrogen-bond donors (Lipinski definition) is 0. The third-order valence-corrected chi connectivity index (χ3v) is 3.40. The number of Topliss-reactive ketones (excluding diaryl/α,β-unsaturated/α-hetero) is 1. The fourth-order valence-electron chi connectivity index (χ4n) is 2.39. The van der Waals surface area contributed by atoms with Gasteiger partial charge in [0.1, 0.15) is 17.1 Å². The quantitative estimate of drug-likeness (QED) is 0.573. The van der Waals surface area contributed by atoms with Crippen LogP contribution in [0.3, 0.4) is 0 Å². The molecule has 0 amide bonds. The van der Waals surface area contributed by atoms with Crippen molar-refractivity contribution in [1.29, 1.82) is 0 Å². The second kappa shape index (κ2) is 5.39. The number of esters is 1. The molecule has 104 valence electrons. The first-order chi connectivity index (χ1) is 8.22. The van der Waals surface area contributed by atoms with E-state index in [9.17, 15) is 9.59 Å². The molecule has 0 aromatic heterocycles. The van der Waals surface area contributed by atoms with Crippen molar-refractivity contribution in [2.45, 2.75) is 64.6 Å². The summed E-state index contributed by atoms with van der Waals surface area (Å²) in [5.41, 5.74) is -1.34. The summed E-state index contributed by atoms with van der Waals surface area (Å²) >= 11 is 0. The Kier molecular flexibility index (Phi) is 4.54. The monoisotopic (exact) mass is 256 g/mol. The zero-order chi connectivity index (χ0) is 14.0. The molecule has 0 radical (unpaired) electrons. The van der Waals surface area contributed by atoms with Gasteiger partial charge in [-0.05, 0) is 53.4 Å². The van der Waals surface area contributed by atoms with Crippen molar-refractivity contribution in [3.63, 3.8) is 0 Å². The summed E-state index contributed by atoms with van der Waals surface area (Å²) in [6.45, 7) is 6.99. The lowest BCUT2D eigenvalue weighted by atomic mass is 9.88. The Morgan fingerprint density at radius 2 is 1.67 bits per heavy atom. The van der Waals surface area contributed by atoms with Crippen LogP contribution in [0.15, 0.2) is 0 Å². The highest BCUT2D eigenvalue weighted by Crippen LogP contribution is 2.35. The largest absolute Gasteiger partial charge is 0.459 e. The Labute approximate surface area is 109 Å². The van der Waals surface area contributed by atoms with Crippen LogP contribution < -0.4 is 0 Å².